The first-order valence-corrected chi connectivity index (χ1v) is 11.0. The highest BCUT2D eigenvalue weighted by molar-refractivity contribution is 7.12. The van der Waals surface area contributed by atoms with Crippen LogP contribution in [0.15, 0.2) is 35.0 Å². The number of aliphatic hydroxyl groups is 1. The number of quaternary nitrogens is 1. The average Bonchev–Trinajstić information content (AvgIpc) is 2.98. The Kier molecular flexibility index (Phi) is 3.76. The second kappa shape index (κ2) is 5.72. The number of piperidine rings is 1. The highest BCUT2D eigenvalue weighted by Gasteiger charge is 2.70. The van der Waals surface area contributed by atoms with Crippen LogP contribution in [0, 0.1) is 5.92 Å². The van der Waals surface area contributed by atoms with Crippen molar-refractivity contribution in [2.75, 3.05) is 14.1 Å². The molecule has 4 atom stereocenters. The molecule has 0 unspecified atom stereocenters. The van der Waals surface area contributed by atoms with Crippen molar-refractivity contribution in [2.24, 2.45) is 5.92 Å². The Hall–Kier alpha value is -1.05. The number of epoxide rings is 1. The molecule has 5 rings (SSSR count). The van der Waals surface area contributed by atoms with Crippen LogP contribution in [0.3, 0.4) is 0 Å². The fourth-order valence-electron chi connectivity index (χ4n) is 5.29. The minimum absolute atomic E-state index is 0.0615. The van der Waals surface area contributed by atoms with Gasteiger partial charge in [0, 0.05) is 29.0 Å². The van der Waals surface area contributed by atoms with Crippen molar-refractivity contribution in [1.29, 1.82) is 0 Å². The number of ketones is 1. The summed E-state index contributed by atoms with van der Waals surface area (Å²) < 4.78 is 6.88. The van der Waals surface area contributed by atoms with Gasteiger partial charge in [-0.05, 0) is 28.8 Å². The normalized spacial score (nSPS) is 34.5. The van der Waals surface area contributed by atoms with E-state index < -0.39 is 5.60 Å². The Balaban J connectivity index is 1.40. The Bertz CT molecular complexity index is 760. The first kappa shape index (κ1) is 17.1. The molecule has 2 aromatic rings. The predicted molar refractivity (Wildman–Crippen MR) is 102 cm³/mol. The third-order valence-electron chi connectivity index (χ3n) is 6.81. The topological polar surface area (TPSA) is 49.8 Å². The van der Waals surface area contributed by atoms with E-state index in [0.29, 0.717) is 36.6 Å². The summed E-state index contributed by atoms with van der Waals surface area (Å²) in [6.07, 6.45) is 3.26. The Morgan fingerprint density at radius 3 is 2.15 bits per heavy atom. The molecule has 0 amide bonds. The van der Waals surface area contributed by atoms with Crippen molar-refractivity contribution in [3.8, 4) is 0 Å². The van der Waals surface area contributed by atoms with Crippen molar-refractivity contribution >= 4 is 28.5 Å². The van der Waals surface area contributed by atoms with Crippen molar-refractivity contribution in [2.45, 2.75) is 49.2 Å². The molecule has 6 heteroatoms. The summed E-state index contributed by atoms with van der Waals surface area (Å²) in [5, 5.41) is 15.3. The summed E-state index contributed by atoms with van der Waals surface area (Å²) >= 11 is 2.90. The van der Waals surface area contributed by atoms with Crippen LogP contribution in [-0.4, -0.2) is 53.8 Å². The molecule has 0 radical (unpaired) electrons. The van der Waals surface area contributed by atoms with Gasteiger partial charge in [0.25, 0.3) is 0 Å². The summed E-state index contributed by atoms with van der Waals surface area (Å²) in [6, 6.07) is 8.53. The summed E-state index contributed by atoms with van der Waals surface area (Å²) in [5.41, 5.74) is -1.50. The lowest BCUT2D eigenvalue weighted by Crippen LogP contribution is -2.58. The van der Waals surface area contributed by atoms with Crippen molar-refractivity contribution in [3.63, 3.8) is 0 Å². The number of hydrogen-bond donors (Lipinski definition) is 1. The van der Waals surface area contributed by atoms with Crippen molar-refractivity contribution < 1.29 is 19.1 Å². The van der Waals surface area contributed by atoms with Gasteiger partial charge in [-0.3, -0.25) is 4.79 Å². The predicted octanol–water partition coefficient (Wildman–Crippen LogP) is 3.01. The van der Waals surface area contributed by atoms with E-state index in [9.17, 15) is 9.90 Å². The highest BCUT2D eigenvalue weighted by atomic mass is 32.1. The van der Waals surface area contributed by atoms with Gasteiger partial charge in [0.1, 0.15) is 24.3 Å². The maximum atomic E-state index is 13.3. The van der Waals surface area contributed by atoms with Crippen molar-refractivity contribution in [3.05, 3.63) is 44.8 Å². The number of carbonyl (C=O) groups excluding carboxylic acids is 1. The Labute approximate surface area is 161 Å². The Morgan fingerprint density at radius 2 is 1.69 bits per heavy atom. The van der Waals surface area contributed by atoms with Crippen LogP contribution < -0.4 is 0 Å². The molecule has 138 valence electrons. The van der Waals surface area contributed by atoms with Crippen LogP contribution in [0.1, 0.15) is 29.0 Å². The zero-order chi connectivity index (χ0) is 18.1. The highest BCUT2D eigenvalue weighted by Crippen LogP contribution is 2.53. The maximum absolute atomic E-state index is 13.3. The van der Waals surface area contributed by atoms with Gasteiger partial charge >= 0.3 is 0 Å². The molecule has 0 spiro atoms. The first-order valence-electron chi connectivity index (χ1n) is 9.25. The largest absolute Gasteiger partial charge is 0.372 e. The number of thiophene rings is 2. The minimum atomic E-state index is -1.50. The van der Waals surface area contributed by atoms with Gasteiger partial charge in [-0.1, -0.05) is 12.1 Å². The number of hydrogen-bond acceptors (Lipinski definition) is 5. The van der Waals surface area contributed by atoms with Gasteiger partial charge in [0.05, 0.1) is 14.1 Å². The summed E-state index contributed by atoms with van der Waals surface area (Å²) in [6.45, 7) is 0. The van der Waals surface area contributed by atoms with E-state index in [2.05, 4.69) is 14.1 Å². The molecule has 3 fully saturated rings. The molecule has 4 nitrogen and oxygen atoms in total. The zero-order valence-corrected chi connectivity index (χ0v) is 16.6. The van der Waals surface area contributed by atoms with Crippen LogP contribution in [0.5, 0.6) is 0 Å². The van der Waals surface area contributed by atoms with Gasteiger partial charge in [-0.2, -0.15) is 0 Å². The van der Waals surface area contributed by atoms with E-state index in [1.54, 1.807) is 0 Å². The molecule has 1 N–H and O–H groups in total. The minimum Gasteiger partial charge on any atom is -0.372 e. The standard InChI is InChI=1S/C20H24NO3S2/c1-21(2)13-9-12(10-14(21)19-18(13)24-19)11-15(22)20(23,16-5-3-7-25-16)17-6-4-8-26-17/h3-8,12-14,18-19,23H,9-11H2,1-2H3/q+1/t13-,14-,18+,19+/m0/s1. The molecule has 3 aliphatic heterocycles. The monoisotopic (exact) mass is 390 g/mol. The molecule has 0 aliphatic carbocycles. The van der Waals surface area contributed by atoms with E-state index >= 15 is 0 Å². The number of likely N-dealkylation sites (N-methyl/N-ethyl adjacent to an activating group) is 1. The van der Waals surface area contributed by atoms with Gasteiger partial charge in [0.2, 0.25) is 0 Å². The Morgan fingerprint density at radius 1 is 1.15 bits per heavy atom. The third-order valence-corrected chi connectivity index (χ3v) is 8.77. The van der Waals surface area contributed by atoms with E-state index in [4.69, 9.17) is 4.74 Å². The van der Waals surface area contributed by atoms with Gasteiger partial charge < -0.3 is 14.3 Å². The SMILES string of the molecule is C[N+]1(C)[C@H]2CC(CC(=O)C(O)(c3cccs3)c3cccs3)C[C@H]1[C@H]1O[C@@H]12. The molecular weight excluding hydrogens is 366 g/mol. The first-order chi connectivity index (χ1) is 12.4. The molecular formula is C20H24NO3S2+. The van der Waals surface area contributed by atoms with E-state index in [0.717, 1.165) is 27.1 Å². The van der Waals surface area contributed by atoms with E-state index in [1.807, 2.05) is 35.0 Å². The lowest BCUT2D eigenvalue weighted by molar-refractivity contribution is -0.938. The second-order valence-electron chi connectivity index (χ2n) is 8.46. The molecule has 2 bridgehead atoms. The third kappa shape index (κ3) is 2.33. The summed E-state index contributed by atoms with van der Waals surface area (Å²) in [5.74, 6) is 0.278. The van der Waals surface area contributed by atoms with Crippen LogP contribution in [0.25, 0.3) is 0 Å². The number of morpholine rings is 1. The maximum Gasteiger partial charge on any atom is 0.192 e. The quantitative estimate of drug-likeness (QED) is 0.631. The number of Topliss-reactive ketones (excluding diaryl/α,β-unsaturated/α-hetero) is 1. The molecule has 26 heavy (non-hydrogen) atoms. The summed E-state index contributed by atoms with van der Waals surface area (Å²) in [4.78, 5) is 14.8. The molecule has 5 heterocycles. The van der Waals surface area contributed by atoms with Crippen molar-refractivity contribution in [1.82, 2.24) is 0 Å². The fourth-order valence-corrected chi connectivity index (χ4v) is 7.07. The smallest absolute Gasteiger partial charge is 0.192 e. The van der Waals surface area contributed by atoms with E-state index in [-0.39, 0.29) is 5.78 Å². The lowest BCUT2D eigenvalue weighted by Gasteiger charge is -2.46. The number of rotatable bonds is 5. The van der Waals surface area contributed by atoms with Crippen LogP contribution in [0.2, 0.25) is 0 Å². The lowest BCUT2D eigenvalue weighted by atomic mass is 9.81. The van der Waals surface area contributed by atoms with Gasteiger partial charge in [-0.25, -0.2) is 0 Å². The van der Waals surface area contributed by atoms with E-state index in [1.165, 1.54) is 22.7 Å². The number of nitrogens with zero attached hydrogens (tertiary/aromatic N) is 1. The van der Waals surface area contributed by atoms with Crippen LogP contribution >= 0.6 is 22.7 Å². The van der Waals surface area contributed by atoms with Crippen LogP contribution in [-0.2, 0) is 15.1 Å². The zero-order valence-electron chi connectivity index (χ0n) is 15.0. The molecule has 0 saturated carbocycles. The second-order valence-corrected chi connectivity index (χ2v) is 10.4. The van der Waals surface area contributed by atoms with Gasteiger partial charge in [0.15, 0.2) is 11.4 Å². The summed E-state index contributed by atoms with van der Waals surface area (Å²) in [7, 11) is 4.60. The number of fused-ring (bicyclic) bond motifs is 5. The number of ether oxygens (including phenoxy) is 1. The molecule has 3 aliphatic rings. The van der Waals surface area contributed by atoms with Crippen LogP contribution in [0.4, 0.5) is 0 Å². The number of carbonyl (C=O) groups is 1. The molecule has 3 saturated heterocycles. The van der Waals surface area contributed by atoms with Gasteiger partial charge in [-0.15, -0.1) is 22.7 Å². The molecule has 0 aromatic carbocycles. The average molecular weight is 391 g/mol. The fraction of sp³-hybridized carbons (Fsp3) is 0.550. The molecule has 2 aromatic heterocycles.